The van der Waals surface area contributed by atoms with Gasteiger partial charge in [0, 0.05) is 17.3 Å². The van der Waals surface area contributed by atoms with Crippen LogP contribution in [0.2, 0.25) is 0 Å². The van der Waals surface area contributed by atoms with Gasteiger partial charge in [-0.15, -0.1) is 0 Å². The molecular weight excluding hydrogens is 450 g/mol. The van der Waals surface area contributed by atoms with Crippen LogP contribution in [0.3, 0.4) is 0 Å². The Balaban J connectivity index is 1.66. The number of hydrogen-bond donors (Lipinski definition) is 3. The molecule has 1 amide bonds. The van der Waals surface area contributed by atoms with Crippen LogP contribution in [0.25, 0.3) is 0 Å². The Morgan fingerprint density at radius 3 is 2.19 bits per heavy atom. The van der Waals surface area contributed by atoms with Crippen molar-refractivity contribution in [1.29, 1.82) is 0 Å². The lowest BCUT2D eigenvalue weighted by molar-refractivity contribution is 0.0981. The van der Waals surface area contributed by atoms with E-state index in [0.717, 1.165) is 0 Å². The Hall–Kier alpha value is -3.63. The third-order valence-corrected chi connectivity index (χ3v) is 5.89. The van der Waals surface area contributed by atoms with Gasteiger partial charge in [0.1, 0.15) is 11.5 Å². The van der Waals surface area contributed by atoms with E-state index in [1.807, 2.05) is 0 Å². The zero-order chi connectivity index (χ0) is 23.1. The monoisotopic (exact) mass is 471 g/mol. The number of benzene rings is 3. The van der Waals surface area contributed by atoms with Crippen molar-refractivity contribution in [3.8, 4) is 11.5 Å². The summed E-state index contributed by atoms with van der Waals surface area (Å²) in [5.74, 6) is 0.499. The minimum absolute atomic E-state index is 0.0549. The van der Waals surface area contributed by atoms with Crippen molar-refractivity contribution in [3.05, 3.63) is 78.4 Å². The summed E-state index contributed by atoms with van der Waals surface area (Å²) < 4.78 is 37.6. The third-order valence-electron chi connectivity index (χ3n) is 4.34. The Labute approximate surface area is 191 Å². The van der Waals surface area contributed by atoms with E-state index in [2.05, 4.69) is 15.4 Å². The van der Waals surface area contributed by atoms with Crippen molar-refractivity contribution in [2.75, 3.05) is 24.9 Å². The summed E-state index contributed by atoms with van der Waals surface area (Å²) in [5.41, 5.74) is 1.41. The third kappa shape index (κ3) is 5.74. The van der Waals surface area contributed by atoms with Gasteiger partial charge in [0.15, 0.2) is 5.11 Å². The van der Waals surface area contributed by atoms with Gasteiger partial charge < -0.3 is 20.1 Å². The van der Waals surface area contributed by atoms with Crippen LogP contribution in [0.1, 0.15) is 10.4 Å². The van der Waals surface area contributed by atoms with E-state index in [9.17, 15) is 13.2 Å². The lowest BCUT2D eigenvalue weighted by atomic mass is 10.2. The summed E-state index contributed by atoms with van der Waals surface area (Å²) >= 11 is 5.33. The molecule has 0 aliphatic carbocycles. The first kappa shape index (κ1) is 23.0. The first-order chi connectivity index (χ1) is 15.3. The molecule has 0 heterocycles. The van der Waals surface area contributed by atoms with Crippen molar-refractivity contribution < 1.29 is 22.7 Å². The predicted octanol–water partition coefficient (Wildman–Crippen LogP) is 3.63. The van der Waals surface area contributed by atoms with Crippen LogP contribution in [0, 0.1) is 0 Å². The lowest BCUT2D eigenvalue weighted by Crippen LogP contribution is -2.30. The molecule has 8 nitrogen and oxygen atoms in total. The Bertz CT molecular complexity index is 1210. The molecule has 0 bridgehead atoms. The van der Waals surface area contributed by atoms with E-state index < -0.39 is 15.9 Å². The number of carbonyl (C=O) groups excluding carboxylic acids is 1. The van der Waals surface area contributed by atoms with E-state index in [1.54, 1.807) is 62.8 Å². The Morgan fingerprint density at radius 2 is 1.56 bits per heavy atom. The number of sulfonamides is 1. The number of methoxy groups -OCH3 is 2. The topological polar surface area (TPSA) is 106 Å². The first-order valence-electron chi connectivity index (χ1n) is 9.34. The molecule has 0 saturated carbocycles. The highest BCUT2D eigenvalue weighted by atomic mass is 32.2. The Morgan fingerprint density at radius 1 is 0.875 bits per heavy atom. The van der Waals surface area contributed by atoms with E-state index in [4.69, 9.17) is 21.7 Å². The maximum atomic E-state index is 12.5. The molecule has 0 fully saturated rings. The molecule has 3 aromatic rings. The van der Waals surface area contributed by atoms with Crippen molar-refractivity contribution >= 4 is 44.6 Å². The first-order valence-corrected chi connectivity index (χ1v) is 11.2. The van der Waals surface area contributed by atoms with Gasteiger partial charge in [-0.05, 0) is 60.7 Å². The number of rotatable bonds is 7. The van der Waals surface area contributed by atoms with Crippen molar-refractivity contribution in [3.63, 3.8) is 0 Å². The summed E-state index contributed by atoms with van der Waals surface area (Å²) in [6.07, 6.45) is 0. The fraction of sp³-hybridized carbons (Fsp3) is 0.0909. The smallest absolute Gasteiger partial charge is 0.264 e. The molecule has 166 valence electrons. The number of ether oxygens (including phenoxy) is 2. The van der Waals surface area contributed by atoms with E-state index in [1.165, 1.54) is 24.3 Å². The number of amides is 1. The molecule has 10 heteroatoms. The number of hydrogen-bond acceptors (Lipinski definition) is 6. The molecule has 0 saturated heterocycles. The molecule has 32 heavy (non-hydrogen) atoms. The van der Waals surface area contributed by atoms with Crippen molar-refractivity contribution in [2.45, 2.75) is 4.90 Å². The second-order valence-electron chi connectivity index (χ2n) is 6.47. The zero-order valence-corrected chi connectivity index (χ0v) is 18.9. The second kappa shape index (κ2) is 10.1. The molecule has 0 radical (unpaired) electrons. The number of thiocarbonyl (C=S) groups is 1. The average Bonchev–Trinajstić information content (AvgIpc) is 2.79. The quantitative estimate of drug-likeness (QED) is 0.449. The molecule has 3 N–H and O–H groups in total. The van der Waals surface area contributed by atoms with Gasteiger partial charge in [-0.25, -0.2) is 13.1 Å². The van der Waals surface area contributed by atoms with Gasteiger partial charge in [-0.2, -0.15) is 0 Å². The largest absolute Gasteiger partial charge is 0.497 e. The van der Waals surface area contributed by atoms with Crippen molar-refractivity contribution in [2.24, 2.45) is 0 Å². The lowest BCUT2D eigenvalue weighted by Gasteiger charge is -2.15. The normalized spacial score (nSPS) is 10.7. The predicted molar refractivity (Wildman–Crippen MR) is 127 cm³/mol. The van der Waals surface area contributed by atoms with Gasteiger partial charge >= 0.3 is 0 Å². The van der Waals surface area contributed by atoms with Crippen LogP contribution in [-0.4, -0.2) is 33.7 Å². The van der Waals surface area contributed by atoms with Crippen LogP contribution in [0.4, 0.5) is 11.4 Å². The maximum absolute atomic E-state index is 12.5. The summed E-state index contributed by atoms with van der Waals surface area (Å²) in [7, 11) is -0.928. The SMILES string of the molecule is COc1ccc(OC)c(NC(=S)Nc2ccc(S(=O)(=O)NC(=O)c3ccccc3)cc2)c1. The molecule has 0 spiro atoms. The van der Waals surface area contributed by atoms with E-state index >= 15 is 0 Å². The Kier molecular flexibility index (Phi) is 7.29. The van der Waals surface area contributed by atoms with Gasteiger partial charge in [-0.3, -0.25) is 4.79 Å². The van der Waals surface area contributed by atoms with E-state index in [-0.39, 0.29) is 15.6 Å². The summed E-state index contributed by atoms with van der Waals surface area (Å²) in [6.45, 7) is 0. The minimum Gasteiger partial charge on any atom is -0.497 e. The van der Waals surface area contributed by atoms with Crippen LogP contribution in [0.5, 0.6) is 11.5 Å². The number of carbonyl (C=O) groups is 1. The van der Waals surface area contributed by atoms with Crippen LogP contribution in [0.15, 0.2) is 77.7 Å². The fourth-order valence-corrected chi connectivity index (χ4v) is 3.95. The van der Waals surface area contributed by atoms with Gasteiger partial charge in [0.2, 0.25) is 0 Å². The molecule has 0 aromatic heterocycles. The van der Waals surface area contributed by atoms with Crippen molar-refractivity contribution in [1.82, 2.24) is 4.72 Å². The molecule has 0 aliphatic heterocycles. The maximum Gasteiger partial charge on any atom is 0.264 e. The summed E-state index contributed by atoms with van der Waals surface area (Å²) in [6, 6.07) is 19.2. The second-order valence-corrected chi connectivity index (χ2v) is 8.56. The zero-order valence-electron chi connectivity index (χ0n) is 17.3. The fourth-order valence-electron chi connectivity index (χ4n) is 2.74. The van der Waals surface area contributed by atoms with Gasteiger partial charge in [0.05, 0.1) is 24.8 Å². The molecular formula is C22H21N3O5S2. The highest BCUT2D eigenvalue weighted by Gasteiger charge is 2.18. The average molecular weight is 472 g/mol. The highest BCUT2D eigenvalue weighted by molar-refractivity contribution is 7.90. The summed E-state index contributed by atoms with van der Waals surface area (Å²) in [4.78, 5) is 12.1. The number of anilines is 2. The van der Waals surface area contributed by atoms with Crippen LogP contribution >= 0.6 is 12.2 Å². The van der Waals surface area contributed by atoms with Crippen LogP contribution in [-0.2, 0) is 10.0 Å². The molecule has 0 unspecified atom stereocenters. The van der Waals surface area contributed by atoms with Gasteiger partial charge in [-0.1, -0.05) is 18.2 Å². The molecule has 3 rings (SSSR count). The highest BCUT2D eigenvalue weighted by Crippen LogP contribution is 2.29. The molecule has 3 aromatic carbocycles. The standard InChI is InChI=1S/C22H21N3O5S2/c1-29-17-10-13-20(30-2)19(14-17)24-22(31)23-16-8-11-18(12-9-16)32(27,28)25-21(26)15-6-4-3-5-7-15/h3-14H,1-2H3,(H,25,26)(H2,23,24,31). The van der Waals surface area contributed by atoms with E-state index in [0.29, 0.717) is 22.9 Å². The molecule has 0 atom stereocenters. The summed E-state index contributed by atoms with van der Waals surface area (Å²) in [5, 5.41) is 6.25. The minimum atomic E-state index is -4.02. The van der Waals surface area contributed by atoms with Gasteiger partial charge in [0.25, 0.3) is 15.9 Å². The number of nitrogens with one attached hydrogen (secondary N) is 3. The molecule has 0 aliphatic rings. The van der Waals surface area contributed by atoms with Crippen LogP contribution < -0.4 is 24.8 Å².